The zero-order valence-electron chi connectivity index (χ0n) is 14.4. The van der Waals surface area contributed by atoms with E-state index in [0.717, 1.165) is 12.5 Å². The molecule has 1 heterocycles. The summed E-state index contributed by atoms with van der Waals surface area (Å²) in [5.74, 6) is 0.769. The number of aliphatic imine (C=N–C) groups is 1. The third-order valence-corrected chi connectivity index (χ3v) is 7.18. The lowest BCUT2D eigenvalue weighted by Crippen LogP contribution is -2.72. The number of likely N-dealkylation sites (tertiary alicyclic amines) is 1. The number of guanidine groups is 1. The van der Waals surface area contributed by atoms with Crippen LogP contribution in [-0.2, 0) is 9.84 Å². The molecule has 7 heteroatoms. The standard InChI is InChI=1S/C14H29N3O2S.HI/c1-12(2)10-17(14(12,5)6)11(15-7)16-9-13(3,4)20(8,18)19;/h9-10H2,1-8H3,(H,15,16);1H. The fraction of sp³-hybridized carbons (Fsp3) is 0.929. The first-order chi connectivity index (χ1) is 8.76. The third-order valence-electron chi connectivity index (χ3n) is 5.03. The number of sulfone groups is 1. The van der Waals surface area contributed by atoms with E-state index in [1.165, 1.54) is 6.26 Å². The first-order valence-corrected chi connectivity index (χ1v) is 8.83. The van der Waals surface area contributed by atoms with Crippen LogP contribution in [0.1, 0.15) is 41.5 Å². The average Bonchev–Trinajstić information content (AvgIpc) is 2.26. The highest BCUT2D eigenvalue weighted by atomic mass is 127. The normalized spacial score (nSPS) is 21.3. The van der Waals surface area contributed by atoms with Gasteiger partial charge in [-0.25, -0.2) is 8.42 Å². The summed E-state index contributed by atoms with van der Waals surface area (Å²) in [6, 6.07) is 0. The van der Waals surface area contributed by atoms with Crippen molar-refractivity contribution < 1.29 is 8.42 Å². The molecule has 1 fully saturated rings. The van der Waals surface area contributed by atoms with Crippen molar-refractivity contribution in [2.45, 2.75) is 51.8 Å². The lowest BCUT2D eigenvalue weighted by atomic mass is 9.65. The molecule has 0 atom stereocenters. The predicted molar refractivity (Wildman–Crippen MR) is 100 cm³/mol. The number of nitrogens with zero attached hydrogens (tertiary/aromatic N) is 2. The molecule has 0 amide bonds. The topological polar surface area (TPSA) is 61.8 Å². The van der Waals surface area contributed by atoms with E-state index in [4.69, 9.17) is 0 Å². The van der Waals surface area contributed by atoms with Gasteiger partial charge in [0.1, 0.15) is 0 Å². The van der Waals surface area contributed by atoms with Crippen molar-refractivity contribution in [1.82, 2.24) is 10.2 Å². The maximum Gasteiger partial charge on any atom is 0.194 e. The zero-order valence-corrected chi connectivity index (χ0v) is 17.6. The van der Waals surface area contributed by atoms with E-state index in [0.29, 0.717) is 6.54 Å². The van der Waals surface area contributed by atoms with Crippen LogP contribution in [0.2, 0.25) is 0 Å². The van der Waals surface area contributed by atoms with Gasteiger partial charge >= 0.3 is 0 Å². The zero-order chi connectivity index (χ0) is 16.0. The summed E-state index contributed by atoms with van der Waals surface area (Å²) in [4.78, 5) is 6.49. The molecule has 1 rings (SSSR count). The van der Waals surface area contributed by atoms with Crippen LogP contribution in [0.15, 0.2) is 4.99 Å². The number of hydrogen-bond acceptors (Lipinski definition) is 3. The number of rotatable bonds is 3. The minimum Gasteiger partial charge on any atom is -0.355 e. The quantitative estimate of drug-likeness (QED) is 0.423. The Balaban J connectivity index is 0.00000400. The van der Waals surface area contributed by atoms with E-state index < -0.39 is 14.6 Å². The van der Waals surface area contributed by atoms with E-state index in [9.17, 15) is 8.42 Å². The molecule has 21 heavy (non-hydrogen) atoms. The maximum absolute atomic E-state index is 11.7. The van der Waals surface area contributed by atoms with Crippen molar-refractivity contribution in [3.05, 3.63) is 0 Å². The lowest BCUT2D eigenvalue weighted by molar-refractivity contribution is -0.0667. The second kappa shape index (κ2) is 6.22. The Morgan fingerprint density at radius 2 is 1.76 bits per heavy atom. The van der Waals surface area contributed by atoms with Gasteiger partial charge in [-0.1, -0.05) is 13.8 Å². The Labute approximate surface area is 146 Å². The van der Waals surface area contributed by atoms with Crippen molar-refractivity contribution >= 4 is 39.8 Å². The van der Waals surface area contributed by atoms with Crippen LogP contribution >= 0.6 is 24.0 Å². The Kier molecular flexibility index (Phi) is 6.20. The smallest absolute Gasteiger partial charge is 0.194 e. The molecule has 1 aliphatic heterocycles. The average molecular weight is 431 g/mol. The van der Waals surface area contributed by atoms with Gasteiger partial charge in [-0.3, -0.25) is 4.99 Å². The minimum absolute atomic E-state index is 0. The molecular formula is C14H30IN3O2S. The Hall–Kier alpha value is -0.0500. The molecule has 0 aromatic rings. The first-order valence-electron chi connectivity index (χ1n) is 6.94. The van der Waals surface area contributed by atoms with Gasteiger partial charge in [0.25, 0.3) is 0 Å². The summed E-state index contributed by atoms with van der Waals surface area (Å²) in [6.45, 7) is 13.6. The fourth-order valence-electron chi connectivity index (χ4n) is 2.12. The molecule has 0 spiro atoms. The molecule has 1 saturated heterocycles. The van der Waals surface area contributed by atoms with E-state index in [2.05, 4.69) is 42.9 Å². The van der Waals surface area contributed by atoms with Crippen LogP contribution in [0.4, 0.5) is 0 Å². The van der Waals surface area contributed by atoms with Gasteiger partial charge in [-0.05, 0) is 27.7 Å². The van der Waals surface area contributed by atoms with E-state index in [1.54, 1.807) is 20.9 Å². The van der Waals surface area contributed by atoms with Crippen LogP contribution < -0.4 is 5.32 Å². The largest absolute Gasteiger partial charge is 0.355 e. The van der Waals surface area contributed by atoms with E-state index in [1.807, 2.05) is 0 Å². The molecule has 5 nitrogen and oxygen atoms in total. The summed E-state index contributed by atoms with van der Waals surface area (Å²) >= 11 is 0. The van der Waals surface area contributed by atoms with Crippen molar-refractivity contribution in [3.63, 3.8) is 0 Å². The van der Waals surface area contributed by atoms with Gasteiger partial charge in [-0.15, -0.1) is 24.0 Å². The first kappa shape index (κ1) is 20.9. The minimum atomic E-state index is -3.11. The Morgan fingerprint density at radius 3 is 2.05 bits per heavy atom. The Bertz CT molecular complexity index is 510. The maximum atomic E-state index is 11.7. The van der Waals surface area contributed by atoms with Crippen LogP contribution in [0, 0.1) is 5.41 Å². The molecule has 0 radical (unpaired) electrons. The van der Waals surface area contributed by atoms with Gasteiger partial charge in [0.15, 0.2) is 15.8 Å². The molecule has 0 aromatic heterocycles. The summed E-state index contributed by atoms with van der Waals surface area (Å²) < 4.78 is 22.7. The summed E-state index contributed by atoms with van der Waals surface area (Å²) in [7, 11) is -1.37. The number of hydrogen-bond donors (Lipinski definition) is 1. The van der Waals surface area contributed by atoms with Gasteiger partial charge in [0.05, 0.1) is 4.75 Å². The monoisotopic (exact) mass is 431 g/mol. The van der Waals surface area contributed by atoms with Crippen LogP contribution in [0.3, 0.4) is 0 Å². The molecule has 0 saturated carbocycles. The highest BCUT2D eigenvalue weighted by Crippen LogP contribution is 2.46. The van der Waals surface area contributed by atoms with Crippen molar-refractivity contribution in [1.29, 1.82) is 0 Å². The van der Waals surface area contributed by atoms with Gasteiger partial charge < -0.3 is 10.2 Å². The van der Waals surface area contributed by atoms with Crippen molar-refractivity contribution in [2.75, 3.05) is 26.4 Å². The summed E-state index contributed by atoms with van der Waals surface area (Å²) in [5, 5.41) is 3.21. The van der Waals surface area contributed by atoms with E-state index >= 15 is 0 Å². The molecular weight excluding hydrogens is 401 g/mol. The van der Waals surface area contributed by atoms with Gasteiger partial charge in [-0.2, -0.15) is 0 Å². The van der Waals surface area contributed by atoms with E-state index in [-0.39, 0.29) is 34.9 Å². The SMILES string of the molecule is CN=C(NCC(C)(C)S(C)(=O)=O)N1CC(C)(C)C1(C)C.I. The van der Waals surface area contributed by atoms with Gasteiger partial charge in [0.2, 0.25) is 0 Å². The molecule has 1 N–H and O–H groups in total. The summed E-state index contributed by atoms with van der Waals surface area (Å²) in [6.07, 6.45) is 1.27. The van der Waals surface area contributed by atoms with Crippen molar-refractivity contribution in [2.24, 2.45) is 10.4 Å². The highest BCUT2D eigenvalue weighted by Gasteiger charge is 2.53. The second-order valence-electron chi connectivity index (χ2n) is 7.46. The van der Waals surface area contributed by atoms with Crippen LogP contribution in [0.5, 0.6) is 0 Å². The highest BCUT2D eigenvalue weighted by molar-refractivity contribution is 14.0. The third kappa shape index (κ3) is 3.83. The summed E-state index contributed by atoms with van der Waals surface area (Å²) in [5.41, 5.74) is 0.223. The van der Waals surface area contributed by atoms with Crippen molar-refractivity contribution in [3.8, 4) is 0 Å². The molecule has 0 bridgehead atoms. The molecule has 0 unspecified atom stereocenters. The van der Waals surface area contributed by atoms with Crippen LogP contribution in [-0.4, -0.2) is 56.0 Å². The fourth-order valence-corrected chi connectivity index (χ4v) is 2.45. The van der Waals surface area contributed by atoms with Gasteiger partial charge in [0, 0.05) is 37.3 Å². The molecule has 1 aliphatic rings. The molecule has 0 aliphatic carbocycles. The lowest BCUT2D eigenvalue weighted by Gasteiger charge is -2.62. The molecule has 126 valence electrons. The number of nitrogens with one attached hydrogen (secondary N) is 1. The Morgan fingerprint density at radius 1 is 1.29 bits per heavy atom. The molecule has 0 aromatic carbocycles. The predicted octanol–water partition coefficient (Wildman–Crippen LogP) is 2.12. The van der Waals surface area contributed by atoms with Crippen LogP contribution in [0.25, 0.3) is 0 Å². The number of halogens is 1. The second-order valence-corrected chi connectivity index (χ2v) is 10.1.